The third-order valence-corrected chi connectivity index (χ3v) is 3.05. The molecular formula is C14H19BrN2O3. The second-order valence-corrected chi connectivity index (χ2v) is 4.81. The van der Waals surface area contributed by atoms with Crippen molar-refractivity contribution < 1.29 is 14.2 Å². The Labute approximate surface area is 128 Å². The molecule has 0 aliphatic heterocycles. The summed E-state index contributed by atoms with van der Waals surface area (Å²) in [5.41, 5.74) is 1.07. The lowest BCUT2D eigenvalue weighted by Crippen LogP contribution is -2.18. The molecule has 1 aromatic rings. The Morgan fingerprint density at radius 2 is 2.15 bits per heavy atom. The van der Waals surface area contributed by atoms with E-state index in [1.807, 2.05) is 25.1 Å². The van der Waals surface area contributed by atoms with Gasteiger partial charge in [-0.2, -0.15) is 5.26 Å². The van der Waals surface area contributed by atoms with Crippen LogP contribution in [0.3, 0.4) is 0 Å². The van der Waals surface area contributed by atoms with Gasteiger partial charge in [0.2, 0.25) is 0 Å². The molecule has 0 heterocycles. The molecule has 0 aliphatic rings. The van der Waals surface area contributed by atoms with Crippen molar-refractivity contribution >= 4 is 15.9 Å². The first-order valence-electron chi connectivity index (χ1n) is 6.37. The molecule has 0 fully saturated rings. The quantitative estimate of drug-likeness (QED) is 0.698. The van der Waals surface area contributed by atoms with E-state index in [4.69, 9.17) is 19.5 Å². The Kier molecular flexibility index (Phi) is 8.04. The number of methoxy groups -OCH3 is 1. The largest absolute Gasteiger partial charge is 0.490 e. The van der Waals surface area contributed by atoms with Gasteiger partial charge in [-0.15, -0.1) is 0 Å². The minimum absolute atomic E-state index is 0.00981. The van der Waals surface area contributed by atoms with Crippen LogP contribution in [0.1, 0.15) is 12.5 Å². The van der Waals surface area contributed by atoms with Crippen LogP contribution in [0.5, 0.6) is 11.5 Å². The van der Waals surface area contributed by atoms with E-state index in [1.54, 1.807) is 7.11 Å². The molecule has 0 radical (unpaired) electrons. The van der Waals surface area contributed by atoms with Crippen LogP contribution < -0.4 is 14.8 Å². The Bertz CT molecular complexity index is 460. The molecular weight excluding hydrogens is 324 g/mol. The van der Waals surface area contributed by atoms with Crippen molar-refractivity contribution in [3.63, 3.8) is 0 Å². The van der Waals surface area contributed by atoms with Gasteiger partial charge in [0.1, 0.15) is 6.07 Å². The summed E-state index contributed by atoms with van der Waals surface area (Å²) < 4.78 is 16.7. The third kappa shape index (κ3) is 5.37. The van der Waals surface area contributed by atoms with Crippen LogP contribution in [-0.4, -0.2) is 33.5 Å². The van der Waals surface area contributed by atoms with Crippen LogP contribution in [0.15, 0.2) is 16.6 Å². The number of rotatable bonds is 9. The molecule has 0 bridgehead atoms. The zero-order valence-corrected chi connectivity index (χ0v) is 13.3. The standard InChI is InChI=1S/C14H19BrN2O3/c1-3-19-13-9-11(10-17-5-7-18-2)8-12(15)14(13)20-6-4-16/h8-9,17H,3,5-7,10H2,1-2H3. The van der Waals surface area contributed by atoms with E-state index in [0.717, 1.165) is 16.6 Å². The summed E-state index contributed by atoms with van der Waals surface area (Å²) in [5, 5.41) is 11.9. The van der Waals surface area contributed by atoms with Gasteiger partial charge < -0.3 is 19.5 Å². The normalized spacial score (nSPS) is 10.1. The van der Waals surface area contributed by atoms with Crippen molar-refractivity contribution in [3.05, 3.63) is 22.2 Å². The fourth-order valence-electron chi connectivity index (χ4n) is 1.64. The van der Waals surface area contributed by atoms with E-state index in [2.05, 4.69) is 21.2 Å². The zero-order chi connectivity index (χ0) is 14.8. The maximum atomic E-state index is 8.61. The van der Waals surface area contributed by atoms with Gasteiger partial charge in [0.25, 0.3) is 0 Å². The highest BCUT2D eigenvalue weighted by Gasteiger charge is 2.12. The summed E-state index contributed by atoms with van der Waals surface area (Å²) in [4.78, 5) is 0. The van der Waals surface area contributed by atoms with E-state index in [1.165, 1.54) is 0 Å². The lowest BCUT2D eigenvalue weighted by Gasteiger charge is -2.14. The highest BCUT2D eigenvalue weighted by Crippen LogP contribution is 2.36. The van der Waals surface area contributed by atoms with Gasteiger partial charge in [0.05, 0.1) is 17.7 Å². The molecule has 0 unspecified atom stereocenters. The van der Waals surface area contributed by atoms with Crippen molar-refractivity contribution in [3.8, 4) is 17.6 Å². The number of nitriles is 1. The summed E-state index contributed by atoms with van der Waals surface area (Å²) in [6, 6.07) is 5.82. The summed E-state index contributed by atoms with van der Waals surface area (Å²) >= 11 is 3.45. The van der Waals surface area contributed by atoms with E-state index < -0.39 is 0 Å². The molecule has 20 heavy (non-hydrogen) atoms. The summed E-state index contributed by atoms with van der Waals surface area (Å²) in [5.74, 6) is 1.20. The summed E-state index contributed by atoms with van der Waals surface area (Å²) in [6.45, 7) is 4.60. The highest BCUT2D eigenvalue weighted by atomic mass is 79.9. The SMILES string of the molecule is CCOc1cc(CNCCOC)cc(Br)c1OCC#N. The van der Waals surface area contributed by atoms with Gasteiger partial charge in [-0.25, -0.2) is 0 Å². The zero-order valence-electron chi connectivity index (χ0n) is 11.7. The minimum Gasteiger partial charge on any atom is -0.490 e. The first kappa shape index (κ1) is 16.8. The maximum Gasteiger partial charge on any atom is 0.176 e. The molecule has 5 nitrogen and oxygen atoms in total. The van der Waals surface area contributed by atoms with Gasteiger partial charge in [-0.05, 0) is 40.5 Å². The molecule has 1 rings (SSSR count). The van der Waals surface area contributed by atoms with Crippen molar-refractivity contribution in [2.75, 3.05) is 33.5 Å². The van der Waals surface area contributed by atoms with E-state index in [9.17, 15) is 0 Å². The Hall–Kier alpha value is -1.29. The molecule has 0 aliphatic carbocycles. The molecule has 0 atom stereocenters. The third-order valence-electron chi connectivity index (χ3n) is 2.46. The monoisotopic (exact) mass is 342 g/mol. The van der Waals surface area contributed by atoms with Crippen molar-refractivity contribution in [1.82, 2.24) is 5.32 Å². The molecule has 0 amide bonds. The number of hydrogen-bond donors (Lipinski definition) is 1. The predicted octanol–water partition coefficient (Wildman–Crippen LogP) is 2.49. The molecule has 110 valence electrons. The minimum atomic E-state index is -0.00981. The van der Waals surface area contributed by atoms with E-state index in [0.29, 0.717) is 31.3 Å². The molecule has 1 aromatic carbocycles. The van der Waals surface area contributed by atoms with E-state index >= 15 is 0 Å². The second kappa shape index (κ2) is 9.59. The van der Waals surface area contributed by atoms with Gasteiger partial charge >= 0.3 is 0 Å². The maximum absolute atomic E-state index is 8.61. The summed E-state index contributed by atoms with van der Waals surface area (Å²) in [7, 11) is 1.67. The van der Waals surface area contributed by atoms with Crippen LogP contribution in [0.4, 0.5) is 0 Å². The highest BCUT2D eigenvalue weighted by molar-refractivity contribution is 9.10. The first-order chi connectivity index (χ1) is 9.72. The van der Waals surface area contributed by atoms with Crippen LogP contribution in [0.25, 0.3) is 0 Å². The number of benzene rings is 1. The molecule has 6 heteroatoms. The van der Waals surface area contributed by atoms with Gasteiger partial charge in [-0.1, -0.05) is 0 Å². The van der Waals surface area contributed by atoms with Crippen molar-refractivity contribution in [2.45, 2.75) is 13.5 Å². The average molecular weight is 343 g/mol. The second-order valence-electron chi connectivity index (χ2n) is 3.95. The first-order valence-corrected chi connectivity index (χ1v) is 7.16. The Morgan fingerprint density at radius 3 is 2.80 bits per heavy atom. The molecule has 1 N–H and O–H groups in total. The van der Waals surface area contributed by atoms with Crippen LogP contribution in [0, 0.1) is 11.3 Å². The number of nitrogens with zero attached hydrogens (tertiary/aromatic N) is 1. The number of hydrogen-bond acceptors (Lipinski definition) is 5. The van der Waals surface area contributed by atoms with E-state index in [-0.39, 0.29) is 6.61 Å². The fourth-order valence-corrected chi connectivity index (χ4v) is 2.24. The fraction of sp³-hybridized carbons (Fsp3) is 0.500. The summed E-state index contributed by atoms with van der Waals surface area (Å²) in [6.07, 6.45) is 0. The number of nitrogens with one attached hydrogen (secondary N) is 1. The molecule has 0 aromatic heterocycles. The number of halogens is 1. The van der Waals surface area contributed by atoms with Gasteiger partial charge in [0, 0.05) is 20.2 Å². The molecule has 0 saturated carbocycles. The van der Waals surface area contributed by atoms with Crippen molar-refractivity contribution in [1.29, 1.82) is 5.26 Å². The predicted molar refractivity (Wildman–Crippen MR) is 80.0 cm³/mol. The number of ether oxygens (including phenoxy) is 3. The van der Waals surface area contributed by atoms with Crippen LogP contribution in [-0.2, 0) is 11.3 Å². The van der Waals surface area contributed by atoms with Crippen molar-refractivity contribution in [2.24, 2.45) is 0 Å². The Morgan fingerprint density at radius 1 is 1.35 bits per heavy atom. The topological polar surface area (TPSA) is 63.5 Å². The van der Waals surface area contributed by atoms with Gasteiger partial charge in [-0.3, -0.25) is 0 Å². The van der Waals surface area contributed by atoms with Crippen LogP contribution >= 0.6 is 15.9 Å². The lowest BCUT2D eigenvalue weighted by molar-refractivity contribution is 0.199. The lowest BCUT2D eigenvalue weighted by atomic mass is 10.2. The average Bonchev–Trinajstić information content (AvgIpc) is 2.43. The smallest absolute Gasteiger partial charge is 0.176 e. The van der Waals surface area contributed by atoms with Gasteiger partial charge in [0.15, 0.2) is 18.1 Å². The molecule has 0 saturated heterocycles. The Balaban J connectivity index is 2.80. The van der Waals surface area contributed by atoms with Crippen LogP contribution in [0.2, 0.25) is 0 Å². The molecule has 0 spiro atoms.